The highest BCUT2D eigenvalue weighted by atomic mass is 32.1. The van der Waals surface area contributed by atoms with E-state index in [-0.39, 0.29) is 11.3 Å². The van der Waals surface area contributed by atoms with Crippen molar-refractivity contribution in [3.63, 3.8) is 0 Å². The monoisotopic (exact) mass is 390 g/mol. The molecule has 2 aliphatic rings. The zero-order valence-electron chi connectivity index (χ0n) is 17.5. The van der Waals surface area contributed by atoms with Gasteiger partial charge in [0, 0.05) is 28.1 Å². The number of anilines is 1. The number of aryl methyl sites for hydroxylation is 1. The second-order valence-electron chi connectivity index (χ2n) is 9.43. The Bertz CT molecular complexity index is 826. The first-order valence-corrected chi connectivity index (χ1v) is 9.82. The van der Waals surface area contributed by atoms with Gasteiger partial charge in [-0.15, -0.1) is 0 Å². The molecule has 2 N–H and O–H groups in total. The van der Waals surface area contributed by atoms with Crippen molar-refractivity contribution in [1.82, 2.24) is 5.32 Å². The molecular formula is C21H30N2O3S. The number of amides is 1. The highest BCUT2D eigenvalue weighted by molar-refractivity contribution is 7.80. The third-order valence-corrected chi connectivity index (χ3v) is 6.25. The molecule has 2 aliphatic heterocycles. The van der Waals surface area contributed by atoms with Gasteiger partial charge in [-0.25, -0.2) is 4.79 Å². The maximum absolute atomic E-state index is 12.1. The van der Waals surface area contributed by atoms with Gasteiger partial charge in [0.25, 0.3) is 0 Å². The third-order valence-electron chi connectivity index (χ3n) is 5.64. The number of fused-ring (bicyclic) bond motifs is 3. The highest BCUT2D eigenvalue weighted by Gasteiger charge is 2.49. The van der Waals surface area contributed by atoms with Gasteiger partial charge in [-0.3, -0.25) is 0 Å². The predicted octanol–water partition coefficient (Wildman–Crippen LogP) is 4.80. The Morgan fingerprint density at radius 3 is 2.59 bits per heavy atom. The maximum atomic E-state index is 12.1. The van der Waals surface area contributed by atoms with E-state index in [1.165, 1.54) is 5.56 Å². The quantitative estimate of drug-likeness (QED) is 0.710. The SMILES string of the molecule is Cc1cc2c(c3c1NC(=S)C3(C)C)O[C@@](C)(CNC(=O)OC(C)(C)C)[C@H]2C. The molecule has 0 saturated carbocycles. The average molecular weight is 391 g/mol. The molecule has 148 valence electrons. The molecule has 0 aromatic heterocycles. The number of alkyl carbamates (subject to hydrolysis) is 1. The van der Waals surface area contributed by atoms with Crippen molar-refractivity contribution in [2.75, 3.05) is 11.9 Å². The zero-order valence-corrected chi connectivity index (χ0v) is 18.3. The minimum Gasteiger partial charge on any atom is -0.484 e. The molecular weight excluding hydrogens is 360 g/mol. The van der Waals surface area contributed by atoms with Gasteiger partial charge >= 0.3 is 6.09 Å². The summed E-state index contributed by atoms with van der Waals surface area (Å²) >= 11 is 5.57. The van der Waals surface area contributed by atoms with E-state index >= 15 is 0 Å². The number of thiocarbonyl (C=S) groups is 1. The van der Waals surface area contributed by atoms with Crippen molar-refractivity contribution in [2.45, 2.75) is 77.9 Å². The number of hydrogen-bond donors (Lipinski definition) is 2. The van der Waals surface area contributed by atoms with E-state index < -0.39 is 17.3 Å². The average Bonchev–Trinajstić information content (AvgIpc) is 2.90. The largest absolute Gasteiger partial charge is 0.484 e. The molecule has 2 heterocycles. The van der Waals surface area contributed by atoms with Crippen molar-refractivity contribution >= 4 is 29.0 Å². The molecule has 3 rings (SSSR count). The van der Waals surface area contributed by atoms with Gasteiger partial charge in [-0.1, -0.05) is 19.1 Å². The predicted molar refractivity (Wildman–Crippen MR) is 112 cm³/mol. The van der Waals surface area contributed by atoms with E-state index in [0.29, 0.717) is 6.54 Å². The molecule has 5 nitrogen and oxygen atoms in total. The van der Waals surface area contributed by atoms with E-state index in [0.717, 1.165) is 27.6 Å². The first kappa shape index (κ1) is 19.9. The third kappa shape index (κ3) is 3.28. The van der Waals surface area contributed by atoms with Crippen LogP contribution in [0.1, 0.15) is 71.1 Å². The number of rotatable bonds is 2. The van der Waals surface area contributed by atoms with Crippen molar-refractivity contribution in [1.29, 1.82) is 0 Å². The topological polar surface area (TPSA) is 59.6 Å². The standard InChI is InChI=1S/C21H30N2O3S/c1-11-9-13-12(2)21(8,10-22-18(24)26-19(3,4)5)25-16(13)14-15(11)23-17(27)20(14,6)7/h9,12H,10H2,1-8H3,(H,22,24)(H,23,27)/t12-,21-/m0/s1. The molecule has 0 unspecified atom stereocenters. The van der Waals surface area contributed by atoms with Crippen LogP contribution in [0.15, 0.2) is 6.07 Å². The Kier molecular flexibility index (Phi) is 4.50. The molecule has 0 radical (unpaired) electrons. The second-order valence-corrected chi connectivity index (χ2v) is 9.84. The van der Waals surface area contributed by atoms with Crippen LogP contribution in [0.3, 0.4) is 0 Å². The van der Waals surface area contributed by atoms with Crippen LogP contribution in [0.4, 0.5) is 10.5 Å². The normalized spacial score (nSPS) is 25.3. The maximum Gasteiger partial charge on any atom is 0.407 e. The molecule has 0 fully saturated rings. The molecule has 0 aliphatic carbocycles. The lowest BCUT2D eigenvalue weighted by Gasteiger charge is -2.30. The van der Waals surface area contributed by atoms with Gasteiger partial charge in [0.15, 0.2) is 0 Å². The number of carbonyl (C=O) groups excluding carboxylic acids is 1. The highest BCUT2D eigenvalue weighted by Crippen LogP contribution is 2.54. The summed E-state index contributed by atoms with van der Waals surface area (Å²) in [4.78, 5) is 12.9. The van der Waals surface area contributed by atoms with E-state index in [9.17, 15) is 4.79 Å². The van der Waals surface area contributed by atoms with Gasteiger partial charge in [0.2, 0.25) is 0 Å². The lowest BCUT2D eigenvalue weighted by atomic mass is 9.81. The molecule has 0 bridgehead atoms. The molecule has 1 amide bonds. The zero-order chi connectivity index (χ0) is 20.4. The van der Waals surface area contributed by atoms with Crippen molar-refractivity contribution in [3.05, 3.63) is 22.8 Å². The van der Waals surface area contributed by atoms with E-state index in [2.05, 4.69) is 44.4 Å². The molecule has 2 atom stereocenters. The van der Waals surface area contributed by atoms with Crippen LogP contribution in [-0.2, 0) is 10.2 Å². The fraction of sp³-hybridized carbons (Fsp3) is 0.619. The van der Waals surface area contributed by atoms with Crippen LogP contribution in [-0.4, -0.2) is 28.8 Å². The molecule has 6 heteroatoms. The molecule has 1 aromatic carbocycles. The smallest absolute Gasteiger partial charge is 0.407 e. The van der Waals surface area contributed by atoms with Gasteiger partial charge in [0.05, 0.1) is 11.5 Å². The molecule has 0 saturated heterocycles. The summed E-state index contributed by atoms with van der Waals surface area (Å²) in [7, 11) is 0. The van der Waals surface area contributed by atoms with Crippen LogP contribution in [0.2, 0.25) is 0 Å². The van der Waals surface area contributed by atoms with Crippen LogP contribution < -0.4 is 15.4 Å². The fourth-order valence-corrected chi connectivity index (χ4v) is 4.00. The van der Waals surface area contributed by atoms with Gasteiger partial charge < -0.3 is 20.1 Å². The molecule has 1 aromatic rings. The summed E-state index contributed by atoms with van der Waals surface area (Å²) in [5, 5.41) is 6.24. The number of hydrogen-bond acceptors (Lipinski definition) is 4. The lowest BCUT2D eigenvalue weighted by molar-refractivity contribution is 0.0418. The van der Waals surface area contributed by atoms with Crippen LogP contribution in [0, 0.1) is 6.92 Å². The van der Waals surface area contributed by atoms with E-state index in [1.807, 2.05) is 27.7 Å². The van der Waals surface area contributed by atoms with Crippen LogP contribution in [0.5, 0.6) is 5.75 Å². The minimum atomic E-state index is -0.554. The molecule has 0 spiro atoms. The molecule has 27 heavy (non-hydrogen) atoms. The Labute approximate surface area is 167 Å². The van der Waals surface area contributed by atoms with E-state index in [4.69, 9.17) is 21.7 Å². The van der Waals surface area contributed by atoms with Gasteiger partial charge in [-0.2, -0.15) is 0 Å². The first-order valence-electron chi connectivity index (χ1n) is 9.41. The van der Waals surface area contributed by atoms with Gasteiger partial charge in [-0.05, 0) is 60.1 Å². The summed E-state index contributed by atoms with van der Waals surface area (Å²) in [6.07, 6.45) is -0.430. The van der Waals surface area contributed by atoms with E-state index in [1.54, 1.807) is 0 Å². The summed E-state index contributed by atoms with van der Waals surface area (Å²) in [6.45, 7) is 16.4. The summed E-state index contributed by atoms with van der Waals surface area (Å²) in [5.74, 6) is 1.02. The first-order chi connectivity index (χ1) is 12.3. The van der Waals surface area contributed by atoms with Crippen molar-refractivity contribution < 1.29 is 14.3 Å². The minimum absolute atomic E-state index is 0.122. The Morgan fingerprint density at radius 2 is 2.00 bits per heavy atom. The fourth-order valence-electron chi connectivity index (χ4n) is 3.80. The Hall–Kier alpha value is -1.82. The number of ether oxygens (including phenoxy) is 2. The Morgan fingerprint density at radius 1 is 1.37 bits per heavy atom. The number of nitrogens with one attached hydrogen (secondary N) is 2. The summed E-state index contributed by atoms with van der Waals surface area (Å²) < 4.78 is 11.9. The second kappa shape index (κ2) is 6.09. The van der Waals surface area contributed by atoms with Crippen molar-refractivity contribution in [3.8, 4) is 5.75 Å². The van der Waals surface area contributed by atoms with Crippen molar-refractivity contribution in [2.24, 2.45) is 0 Å². The van der Waals surface area contributed by atoms with Gasteiger partial charge in [0.1, 0.15) is 17.0 Å². The lowest BCUT2D eigenvalue weighted by Crippen LogP contribution is -2.47. The summed E-state index contributed by atoms with van der Waals surface area (Å²) in [6, 6.07) is 2.18. The summed E-state index contributed by atoms with van der Waals surface area (Å²) in [5.41, 5.74) is 3.14. The Balaban J connectivity index is 1.90. The van der Waals surface area contributed by atoms with Crippen LogP contribution in [0.25, 0.3) is 0 Å². The van der Waals surface area contributed by atoms with Crippen LogP contribution >= 0.6 is 12.2 Å². The number of benzene rings is 1. The number of carbonyl (C=O) groups is 1.